The van der Waals surface area contributed by atoms with Crippen LogP contribution in [-0.2, 0) is 9.53 Å². The van der Waals surface area contributed by atoms with Gasteiger partial charge in [0.05, 0.1) is 12.0 Å². The predicted octanol–water partition coefficient (Wildman–Crippen LogP) is 1.77. The maximum atomic E-state index is 11.3. The van der Waals surface area contributed by atoms with Gasteiger partial charge in [0.2, 0.25) is 0 Å². The van der Waals surface area contributed by atoms with Crippen LogP contribution in [0.2, 0.25) is 0 Å². The highest BCUT2D eigenvalue weighted by Crippen LogP contribution is 2.23. The Kier molecular flexibility index (Phi) is 4.14. The molecule has 0 heterocycles. The van der Waals surface area contributed by atoms with Gasteiger partial charge in [-0.25, -0.2) is 0 Å². The zero-order chi connectivity index (χ0) is 9.61. The Labute approximate surface area is 73.6 Å². The topological polar surface area (TPSA) is 26.3 Å². The molecule has 0 saturated carbocycles. The molecular weight excluding hydrogens is 152 g/mol. The smallest absolute Gasteiger partial charge is 0.316 e. The van der Waals surface area contributed by atoms with Crippen LogP contribution in [0.25, 0.3) is 0 Å². The fourth-order valence-electron chi connectivity index (χ4n) is 0.736. The van der Waals surface area contributed by atoms with Crippen LogP contribution >= 0.6 is 0 Å². The lowest BCUT2D eigenvalue weighted by Crippen LogP contribution is -2.27. The van der Waals surface area contributed by atoms with Crippen LogP contribution in [0, 0.1) is 17.8 Å². The second kappa shape index (κ2) is 4.61. The van der Waals surface area contributed by atoms with Crippen molar-refractivity contribution >= 4 is 5.97 Å². The summed E-state index contributed by atoms with van der Waals surface area (Å²) in [4.78, 5) is 11.3. The van der Waals surface area contributed by atoms with Gasteiger partial charge in [-0.1, -0.05) is 6.08 Å². The van der Waals surface area contributed by atoms with Crippen molar-refractivity contribution in [2.45, 2.75) is 20.3 Å². The molecule has 0 aliphatic carbocycles. The van der Waals surface area contributed by atoms with Crippen molar-refractivity contribution in [1.29, 1.82) is 0 Å². The molecule has 12 heavy (non-hydrogen) atoms. The molecule has 0 spiro atoms. The fraction of sp³-hybridized carbons (Fsp3) is 0.500. The van der Waals surface area contributed by atoms with Gasteiger partial charge in [-0.3, -0.25) is 4.79 Å². The first-order chi connectivity index (χ1) is 5.60. The van der Waals surface area contributed by atoms with E-state index in [1.54, 1.807) is 13.8 Å². The number of carbonyl (C=O) groups excluding carboxylic acids is 1. The van der Waals surface area contributed by atoms with E-state index in [0.29, 0.717) is 13.0 Å². The van der Waals surface area contributed by atoms with E-state index in [4.69, 9.17) is 11.2 Å². The minimum Gasteiger partial charge on any atom is -0.465 e. The molecule has 0 N–H and O–H groups in total. The Balaban J connectivity index is 4.42. The molecule has 0 bridgehead atoms. The summed E-state index contributed by atoms with van der Waals surface area (Å²) in [5, 5.41) is 0. The molecule has 66 valence electrons. The highest BCUT2D eigenvalue weighted by atomic mass is 16.5. The molecule has 0 aliphatic heterocycles. The second-order valence-corrected chi connectivity index (χ2v) is 2.72. The largest absolute Gasteiger partial charge is 0.465 e. The van der Waals surface area contributed by atoms with Crippen molar-refractivity contribution in [3.8, 4) is 12.3 Å². The van der Waals surface area contributed by atoms with E-state index < -0.39 is 5.41 Å². The number of hydrogen-bond acceptors (Lipinski definition) is 2. The minimum atomic E-state index is -0.731. The van der Waals surface area contributed by atoms with Gasteiger partial charge in [-0.05, 0) is 13.8 Å². The van der Waals surface area contributed by atoms with Crippen molar-refractivity contribution in [1.82, 2.24) is 0 Å². The van der Waals surface area contributed by atoms with Crippen molar-refractivity contribution in [3.63, 3.8) is 0 Å². The van der Waals surface area contributed by atoms with Crippen LogP contribution in [0.15, 0.2) is 12.7 Å². The van der Waals surface area contributed by atoms with Crippen LogP contribution in [0.1, 0.15) is 20.3 Å². The van der Waals surface area contributed by atoms with Crippen LogP contribution in [0.3, 0.4) is 0 Å². The van der Waals surface area contributed by atoms with Gasteiger partial charge in [0.25, 0.3) is 0 Å². The molecule has 0 radical (unpaired) electrons. The quantitative estimate of drug-likeness (QED) is 0.361. The van der Waals surface area contributed by atoms with Gasteiger partial charge in [-0.2, -0.15) is 0 Å². The summed E-state index contributed by atoms with van der Waals surface area (Å²) >= 11 is 0. The summed E-state index contributed by atoms with van der Waals surface area (Å²) in [6.07, 6.45) is 6.98. The van der Waals surface area contributed by atoms with Gasteiger partial charge >= 0.3 is 5.97 Å². The summed E-state index contributed by atoms with van der Waals surface area (Å²) in [6, 6.07) is 0. The second-order valence-electron chi connectivity index (χ2n) is 2.72. The third kappa shape index (κ3) is 2.43. The average Bonchev–Trinajstić information content (AvgIpc) is 2.05. The summed E-state index contributed by atoms with van der Waals surface area (Å²) in [5.41, 5.74) is -0.731. The number of terminal acetylenes is 1. The number of carbonyl (C=O) groups is 1. The van der Waals surface area contributed by atoms with E-state index in [-0.39, 0.29) is 5.97 Å². The Morgan fingerprint density at radius 2 is 2.42 bits per heavy atom. The van der Waals surface area contributed by atoms with Crippen molar-refractivity contribution in [3.05, 3.63) is 12.7 Å². The number of ether oxygens (including phenoxy) is 1. The van der Waals surface area contributed by atoms with Crippen molar-refractivity contribution in [2.24, 2.45) is 5.41 Å². The normalized spacial score (nSPS) is 14.1. The van der Waals surface area contributed by atoms with Gasteiger partial charge in [0.15, 0.2) is 0 Å². The van der Waals surface area contributed by atoms with Crippen LogP contribution < -0.4 is 0 Å². The average molecular weight is 166 g/mol. The molecule has 0 aromatic rings. The predicted molar refractivity (Wildman–Crippen MR) is 48.4 cm³/mol. The number of hydrogen-bond donors (Lipinski definition) is 0. The molecule has 2 heteroatoms. The highest BCUT2D eigenvalue weighted by molar-refractivity contribution is 5.78. The molecule has 0 amide bonds. The molecule has 0 aliphatic rings. The van der Waals surface area contributed by atoms with Crippen LogP contribution in [-0.4, -0.2) is 12.6 Å². The third-order valence-corrected chi connectivity index (χ3v) is 1.66. The molecule has 0 saturated heterocycles. The van der Waals surface area contributed by atoms with Gasteiger partial charge < -0.3 is 4.74 Å². The molecule has 0 fully saturated rings. The fourth-order valence-corrected chi connectivity index (χ4v) is 0.736. The first kappa shape index (κ1) is 10.8. The Bertz CT molecular complexity index is 212. The van der Waals surface area contributed by atoms with Gasteiger partial charge in [0.1, 0.15) is 0 Å². The van der Waals surface area contributed by atoms with Crippen molar-refractivity contribution in [2.75, 3.05) is 6.61 Å². The molecule has 0 rings (SSSR count). The molecule has 0 aromatic heterocycles. The van der Waals surface area contributed by atoms with Gasteiger partial charge in [0, 0.05) is 6.42 Å². The van der Waals surface area contributed by atoms with E-state index in [1.165, 1.54) is 6.08 Å². The van der Waals surface area contributed by atoms with E-state index >= 15 is 0 Å². The molecule has 2 nitrogen and oxygen atoms in total. The van der Waals surface area contributed by atoms with Crippen molar-refractivity contribution < 1.29 is 9.53 Å². The first-order valence-electron chi connectivity index (χ1n) is 3.85. The van der Waals surface area contributed by atoms with Gasteiger partial charge in [-0.15, -0.1) is 18.9 Å². The van der Waals surface area contributed by atoms with E-state index in [2.05, 4.69) is 12.5 Å². The lowest BCUT2D eigenvalue weighted by Gasteiger charge is -2.20. The molecular formula is C10H14O2. The summed E-state index contributed by atoms with van der Waals surface area (Å²) in [5.74, 6) is 2.12. The zero-order valence-corrected chi connectivity index (χ0v) is 7.59. The molecule has 1 unspecified atom stereocenters. The summed E-state index contributed by atoms with van der Waals surface area (Å²) in [6.45, 7) is 7.41. The Hall–Kier alpha value is -1.23. The molecule has 1 atom stereocenters. The number of rotatable bonds is 4. The highest BCUT2D eigenvalue weighted by Gasteiger charge is 2.30. The third-order valence-electron chi connectivity index (χ3n) is 1.66. The maximum Gasteiger partial charge on any atom is 0.316 e. The first-order valence-corrected chi connectivity index (χ1v) is 3.85. The van der Waals surface area contributed by atoms with Crippen LogP contribution in [0.5, 0.6) is 0 Å². The Morgan fingerprint density at radius 3 is 2.75 bits per heavy atom. The standard InChI is InChI=1S/C10H14O2/c1-5-8-10(4,6-2)9(11)12-7-3/h1,6H,2,7-8H2,3-4H3. The number of esters is 1. The van der Waals surface area contributed by atoms with Crippen LogP contribution in [0.4, 0.5) is 0 Å². The van der Waals surface area contributed by atoms with E-state index in [0.717, 1.165) is 0 Å². The Morgan fingerprint density at radius 1 is 1.83 bits per heavy atom. The SMILES string of the molecule is C#CCC(C)(C=C)C(=O)OCC. The van der Waals surface area contributed by atoms with E-state index in [1.807, 2.05) is 0 Å². The lowest BCUT2D eigenvalue weighted by atomic mass is 9.87. The lowest BCUT2D eigenvalue weighted by molar-refractivity contribution is -0.151. The van der Waals surface area contributed by atoms with E-state index in [9.17, 15) is 4.79 Å². The maximum absolute atomic E-state index is 11.3. The summed E-state index contributed by atoms with van der Waals surface area (Å²) < 4.78 is 4.84. The molecule has 0 aromatic carbocycles. The minimum absolute atomic E-state index is 0.307. The summed E-state index contributed by atoms with van der Waals surface area (Å²) in [7, 11) is 0. The zero-order valence-electron chi connectivity index (χ0n) is 7.59. The monoisotopic (exact) mass is 166 g/mol.